The third-order valence-corrected chi connectivity index (χ3v) is 5.19. The smallest absolute Gasteiger partial charge is 0.243 e. The van der Waals surface area contributed by atoms with Gasteiger partial charge in [-0.05, 0) is 38.2 Å². The van der Waals surface area contributed by atoms with Gasteiger partial charge in [-0.2, -0.15) is 4.31 Å². The van der Waals surface area contributed by atoms with Gasteiger partial charge in [0, 0.05) is 19.6 Å². The Morgan fingerprint density at radius 3 is 2.71 bits per heavy atom. The van der Waals surface area contributed by atoms with E-state index in [1.807, 2.05) is 14.0 Å². The SMILES string of the molecule is CCOc1ccc(S(=O)(=O)N2CCOC(CNC)C2)cc1. The summed E-state index contributed by atoms with van der Waals surface area (Å²) in [6.07, 6.45) is -0.110. The van der Waals surface area contributed by atoms with E-state index in [0.717, 1.165) is 0 Å². The molecular weight excluding hydrogens is 292 g/mol. The van der Waals surface area contributed by atoms with E-state index in [-0.39, 0.29) is 11.0 Å². The highest BCUT2D eigenvalue weighted by molar-refractivity contribution is 7.89. The summed E-state index contributed by atoms with van der Waals surface area (Å²) in [7, 11) is -1.65. The number of hydrogen-bond acceptors (Lipinski definition) is 5. The standard InChI is InChI=1S/C14H22N2O4S/c1-3-19-12-4-6-14(7-5-12)21(17,18)16-8-9-20-13(11-16)10-15-2/h4-7,13,15H,3,8-11H2,1-2H3. The molecule has 0 saturated carbocycles. The zero-order valence-electron chi connectivity index (χ0n) is 12.4. The van der Waals surface area contributed by atoms with E-state index in [9.17, 15) is 8.42 Å². The number of ether oxygens (including phenoxy) is 2. The Labute approximate surface area is 126 Å². The van der Waals surface area contributed by atoms with E-state index in [1.165, 1.54) is 4.31 Å². The summed E-state index contributed by atoms with van der Waals surface area (Å²) in [4.78, 5) is 0.288. The molecule has 0 spiro atoms. The Balaban J connectivity index is 2.13. The van der Waals surface area contributed by atoms with E-state index >= 15 is 0 Å². The number of rotatable bonds is 6. The lowest BCUT2D eigenvalue weighted by atomic mass is 10.3. The normalized spacial score (nSPS) is 20.4. The highest BCUT2D eigenvalue weighted by Crippen LogP contribution is 2.21. The van der Waals surface area contributed by atoms with Crippen molar-refractivity contribution in [2.75, 3.05) is 39.9 Å². The molecule has 1 aliphatic heterocycles. The van der Waals surface area contributed by atoms with Crippen LogP contribution in [0.5, 0.6) is 5.75 Å². The van der Waals surface area contributed by atoms with Crippen LogP contribution >= 0.6 is 0 Å². The van der Waals surface area contributed by atoms with Gasteiger partial charge in [0.15, 0.2) is 0 Å². The Hall–Kier alpha value is -1.15. The van der Waals surface area contributed by atoms with Gasteiger partial charge < -0.3 is 14.8 Å². The van der Waals surface area contributed by atoms with Gasteiger partial charge in [0.1, 0.15) is 5.75 Å². The van der Waals surface area contributed by atoms with E-state index < -0.39 is 10.0 Å². The highest BCUT2D eigenvalue weighted by atomic mass is 32.2. The molecular formula is C14H22N2O4S. The molecule has 118 valence electrons. The minimum absolute atomic E-state index is 0.110. The van der Waals surface area contributed by atoms with E-state index in [1.54, 1.807) is 24.3 Å². The molecule has 0 amide bonds. The zero-order valence-corrected chi connectivity index (χ0v) is 13.2. The molecule has 7 heteroatoms. The number of nitrogens with one attached hydrogen (secondary N) is 1. The number of morpholine rings is 1. The van der Waals surface area contributed by atoms with Gasteiger partial charge in [0.25, 0.3) is 0 Å². The quantitative estimate of drug-likeness (QED) is 0.837. The fourth-order valence-electron chi connectivity index (χ4n) is 2.29. The molecule has 1 aliphatic rings. The predicted octanol–water partition coefficient (Wildman–Crippen LogP) is 0.694. The maximum atomic E-state index is 12.6. The van der Waals surface area contributed by atoms with Crippen LogP contribution in [0.4, 0.5) is 0 Å². The van der Waals surface area contributed by atoms with Gasteiger partial charge in [0.2, 0.25) is 10.0 Å². The summed E-state index contributed by atoms with van der Waals surface area (Å²) < 4.78 is 37.6. The first-order chi connectivity index (χ1) is 10.1. The summed E-state index contributed by atoms with van der Waals surface area (Å²) in [5.41, 5.74) is 0. The van der Waals surface area contributed by atoms with Crippen molar-refractivity contribution in [3.63, 3.8) is 0 Å². The third-order valence-electron chi connectivity index (χ3n) is 3.31. The minimum Gasteiger partial charge on any atom is -0.494 e. The van der Waals surface area contributed by atoms with Crippen LogP contribution in [0, 0.1) is 0 Å². The average Bonchev–Trinajstić information content (AvgIpc) is 2.49. The summed E-state index contributed by atoms with van der Waals surface area (Å²) in [6.45, 7) is 4.26. The topological polar surface area (TPSA) is 67.9 Å². The van der Waals surface area contributed by atoms with Crippen LogP contribution in [-0.2, 0) is 14.8 Å². The molecule has 6 nitrogen and oxygen atoms in total. The van der Waals surface area contributed by atoms with Gasteiger partial charge in [-0.1, -0.05) is 0 Å². The van der Waals surface area contributed by atoms with Crippen molar-refractivity contribution in [3.05, 3.63) is 24.3 Å². The molecule has 2 rings (SSSR count). The second-order valence-electron chi connectivity index (χ2n) is 4.82. The molecule has 0 radical (unpaired) electrons. The second kappa shape index (κ2) is 7.22. The molecule has 0 aromatic heterocycles. The molecule has 0 bridgehead atoms. The molecule has 1 atom stereocenters. The van der Waals surface area contributed by atoms with Crippen LogP contribution in [0.15, 0.2) is 29.2 Å². The first kappa shape index (κ1) is 16.2. The zero-order chi connectivity index (χ0) is 15.3. The molecule has 1 aromatic carbocycles. The maximum absolute atomic E-state index is 12.6. The second-order valence-corrected chi connectivity index (χ2v) is 6.76. The van der Waals surface area contributed by atoms with Crippen LogP contribution in [0.3, 0.4) is 0 Å². The van der Waals surface area contributed by atoms with Crippen molar-refractivity contribution in [3.8, 4) is 5.75 Å². The van der Waals surface area contributed by atoms with Crippen molar-refractivity contribution in [2.24, 2.45) is 0 Å². The fourth-order valence-corrected chi connectivity index (χ4v) is 3.74. The molecule has 1 saturated heterocycles. The largest absolute Gasteiger partial charge is 0.494 e. The number of sulfonamides is 1. The molecule has 1 unspecified atom stereocenters. The van der Waals surface area contributed by atoms with Gasteiger partial charge in [-0.25, -0.2) is 8.42 Å². The first-order valence-electron chi connectivity index (χ1n) is 7.07. The number of benzene rings is 1. The first-order valence-corrected chi connectivity index (χ1v) is 8.51. The summed E-state index contributed by atoms with van der Waals surface area (Å²) in [5, 5.41) is 3.01. The lowest BCUT2D eigenvalue weighted by molar-refractivity contribution is 0.000823. The van der Waals surface area contributed by atoms with Crippen LogP contribution in [-0.4, -0.2) is 58.7 Å². The van der Waals surface area contributed by atoms with Crippen molar-refractivity contribution < 1.29 is 17.9 Å². The molecule has 1 fully saturated rings. The lowest BCUT2D eigenvalue weighted by Gasteiger charge is -2.32. The monoisotopic (exact) mass is 314 g/mol. The number of nitrogens with zero attached hydrogens (tertiary/aromatic N) is 1. The molecule has 0 aliphatic carbocycles. The van der Waals surface area contributed by atoms with Gasteiger partial charge in [-0.3, -0.25) is 0 Å². The summed E-state index contributed by atoms with van der Waals surface area (Å²) in [6, 6.07) is 6.54. The van der Waals surface area contributed by atoms with Crippen molar-refractivity contribution in [1.29, 1.82) is 0 Å². The van der Waals surface area contributed by atoms with Crippen molar-refractivity contribution in [1.82, 2.24) is 9.62 Å². The Kier molecular flexibility index (Phi) is 5.58. The summed E-state index contributed by atoms with van der Waals surface area (Å²) in [5.74, 6) is 0.673. The van der Waals surface area contributed by atoms with E-state index in [2.05, 4.69) is 5.32 Å². The minimum atomic E-state index is -3.47. The molecule has 1 N–H and O–H groups in total. The van der Waals surface area contributed by atoms with E-state index in [4.69, 9.17) is 9.47 Å². The molecule has 1 heterocycles. The number of hydrogen-bond donors (Lipinski definition) is 1. The average molecular weight is 314 g/mol. The Morgan fingerprint density at radius 1 is 1.38 bits per heavy atom. The van der Waals surface area contributed by atoms with Crippen molar-refractivity contribution in [2.45, 2.75) is 17.9 Å². The molecule has 21 heavy (non-hydrogen) atoms. The molecule has 1 aromatic rings. The van der Waals surface area contributed by atoms with Crippen LogP contribution < -0.4 is 10.1 Å². The fraction of sp³-hybridized carbons (Fsp3) is 0.571. The van der Waals surface area contributed by atoms with E-state index in [0.29, 0.717) is 38.6 Å². The maximum Gasteiger partial charge on any atom is 0.243 e. The third kappa shape index (κ3) is 3.94. The van der Waals surface area contributed by atoms with Crippen molar-refractivity contribution >= 4 is 10.0 Å². The van der Waals surface area contributed by atoms with Crippen LogP contribution in [0.2, 0.25) is 0 Å². The lowest BCUT2D eigenvalue weighted by Crippen LogP contribution is -2.48. The van der Waals surface area contributed by atoms with Gasteiger partial charge in [0.05, 0.1) is 24.2 Å². The van der Waals surface area contributed by atoms with Gasteiger partial charge in [-0.15, -0.1) is 0 Å². The Morgan fingerprint density at radius 2 is 2.10 bits per heavy atom. The predicted molar refractivity (Wildman–Crippen MR) is 80.0 cm³/mol. The van der Waals surface area contributed by atoms with Crippen LogP contribution in [0.1, 0.15) is 6.92 Å². The van der Waals surface area contributed by atoms with Crippen LogP contribution in [0.25, 0.3) is 0 Å². The van der Waals surface area contributed by atoms with Gasteiger partial charge >= 0.3 is 0 Å². The Bertz CT molecular complexity index is 543. The number of likely N-dealkylation sites (N-methyl/N-ethyl adjacent to an activating group) is 1. The highest BCUT2D eigenvalue weighted by Gasteiger charge is 2.30. The summed E-state index contributed by atoms with van der Waals surface area (Å²) >= 11 is 0.